The van der Waals surface area contributed by atoms with Crippen molar-refractivity contribution in [3.63, 3.8) is 0 Å². The maximum atomic E-state index is 11.8. The molecule has 0 spiro atoms. The molecule has 1 heterocycles. The van der Waals surface area contributed by atoms with Crippen molar-refractivity contribution in [1.29, 1.82) is 5.26 Å². The van der Waals surface area contributed by atoms with Gasteiger partial charge in [0.2, 0.25) is 5.91 Å². The van der Waals surface area contributed by atoms with E-state index < -0.39 is 5.41 Å². The molecule has 1 amide bonds. The van der Waals surface area contributed by atoms with E-state index in [0.29, 0.717) is 0 Å². The molecule has 0 aromatic carbocycles. The number of rotatable bonds is 2. The van der Waals surface area contributed by atoms with Crippen LogP contribution in [0.3, 0.4) is 0 Å². The predicted molar refractivity (Wildman–Crippen MR) is 53.6 cm³/mol. The van der Waals surface area contributed by atoms with E-state index in [0.717, 1.165) is 5.69 Å². The number of nitrogens with one attached hydrogen (secondary N) is 1. The molecule has 0 unspecified atom stereocenters. The van der Waals surface area contributed by atoms with Crippen molar-refractivity contribution in [3.8, 4) is 6.07 Å². The van der Waals surface area contributed by atoms with E-state index in [1.165, 1.54) is 4.90 Å². The minimum atomic E-state index is -0.980. The first-order chi connectivity index (χ1) is 6.49. The van der Waals surface area contributed by atoms with Gasteiger partial charge < -0.3 is 9.88 Å². The summed E-state index contributed by atoms with van der Waals surface area (Å²) >= 11 is 0. The lowest BCUT2D eigenvalue weighted by molar-refractivity contribution is -0.123. The molecule has 4 heteroatoms. The highest BCUT2D eigenvalue weighted by molar-refractivity contribution is 5.98. The molecule has 0 aliphatic rings. The Hall–Kier alpha value is -1.76. The highest BCUT2D eigenvalue weighted by Gasteiger charge is 2.30. The van der Waals surface area contributed by atoms with Gasteiger partial charge in [-0.15, -0.1) is 0 Å². The quantitative estimate of drug-likeness (QED) is 0.770. The normalized spacial score (nSPS) is 10.7. The summed E-state index contributed by atoms with van der Waals surface area (Å²) < 4.78 is 0. The Balaban J connectivity index is 2.88. The Bertz CT molecular complexity index is 359. The van der Waals surface area contributed by atoms with Gasteiger partial charge in [-0.25, -0.2) is 0 Å². The molecule has 0 saturated carbocycles. The average Bonchev–Trinajstić information content (AvgIpc) is 2.68. The molecule has 1 aromatic heterocycles. The molecular weight excluding hydrogens is 178 g/mol. The number of carbonyl (C=O) groups excluding carboxylic acids is 1. The molecule has 1 rings (SSSR count). The fraction of sp³-hybridized carbons (Fsp3) is 0.400. The molecule has 74 valence electrons. The third-order valence-corrected chi connectivity index (χ3v) is 2.09. The zero-order valence-electron chi connectivity index (χ0n) is 8.53. The first-order valence-electron chi connectivity index (χ1n) is 4.31. The highest BCUT2D eigenvalue weighted by atomic mass is 16.2. The zero-order chi connectivity index (χ0) is 10.8. The Kier molecular flexibility index (Phi) is 2.61. The molecule has 0 fully saturated rings. The molecule has 0 saturated heterocycles. The van der Waals surface area contributed by atoms with E-state index in [1.54, 1.807) is 39.4 Å². The monoisotopic (exact) mass is 191 g/mol. The molecule has 0 radical (unpaired) electrons. The van der Waals surface area contributed by atoms with Crippen molar-refractivity contribution in [2.24, 2.45) is 5.41 Å². The van der Waals surface area contributed by atoms with Gasteiger partial charge in [0.1, 0.15) is 5.41 Å². The number of aromatic amines is 1. The van der Waals surface area contributed by atoms with Crippen LogP contribution in [0.4, 0.5) is 5.69 Å². The van der Waals surface area contributed by atoms with Crippen LogP contribution >= 0.6 is 0 Å². The van der Waals surface area contributed by atoms with Gasteiger partial charge in [-0.05, 0) is 19.9 Å². The summed E-state index contributed by atoms with van der Waals surface area (Å²) in [7, 11) is 1.66. The van der Waals surface area contributed by atoms with Crippen molar-refractivity contribution < 1.29 is 4.79 Å². The van der Waals surface area contributed by atoms with Crippen LogP contribution in [0.5, 0.6) is 0 Å². The fourth-order valence-electron chi connectivity index (χ4n) is 1.11. The van der Waals surface area contributed by atoms with E-state index in [-0.39, 0.29) is 5.91 Å². The minimum absolute atomic E-state index is 0.209. The summed E-state index contributed by atoms with van der Waals surface area (Å²) in [6, 6.07) is 3.77. The first kappa shape index (κ1) is 10.3. The van der Waals surface area contributed by atoms with Crippen LogP contribution in [0.2, 0.25) is 0 Å². The lowest BCUT2D eigenvalue weighted by atomic mass is 9.94. The third-order valence-electron chi connectivity index (χ3n) is 2.09. The number of amides is 1. The molecule has 4 nitrogen and oxygen atoms in total. The second-order valence-corrected chi connectivity index (χ2v) is 3.67. The molecule has 0 aliphatic heterocycles. The summed E-state index contributed by atoms with van der Waals surface area (Å²) in [5.74, 6) is -0.209. The lowest BCUT2D eigenvalue weighted by Crippen LogP contribution is -2.37. The van der Waals surface area contributed by atoms with Gasteiger partial charge in [0.05, 0.1) is 11.8 Å². The van der Waals surface area contributed by atoms with Gasteiger partial charge in [0.25, 0.3) is 0 Å². The summed E-state index contributed by atoms with van der Waals surface area (Å²) in [6.45, 7) is 3.22. The lowest BCUT2D eigenvalue weighted by Gasteiger charge is -2.22. The standard InChI is InChI=1S/C10H13N3O/c1-10(2,7-11)9(14)13(3)8-4-5-12-6-8/h4-6,12H,1-3H3. The average molecular weight is 191 g/mol. The number of hydrogen-bond acceptors (Lipinski definition) is 2. The second-order valence-electron chi connectivity index (χ2n) is 3.67. The summed E-state index contributed by atoms with van der Waals surface area (Å²) in [6.07, 6.45) is 3.45. The topological polar surface area (TPSA) is 59.9 Å². The number of nitriles is 1. The summed E-state index contributed by atoms with van der Waals surface area (Å²) in [4.78, 5) is 16.1. The molecule has 0 bridgehead atoms. The van der Waals surface area contributed by atoms with Crippen LogP contribution < -0.4 is 4.90 Å². The van der Waals surface area contributed by atoms with Gasteiger partial charge in [0.15, 0.2) is 0 Å². The largest absolute Gasteiger partial charge is 0.366 e. The molecule has 0 atom stereocenters. The van der Waals surface area contributed by atoms with E-state index in [9.17, 15) is 4.79 Å². The Morgan fingerprint density at radius 3 is 2.71 bits per heavy atom. The van der Waals surface area contributed by atoms with Crippen molar-refractivity contribution in [1.82, 2.24) is 4.98 Å². The minimum Gasteiger partial charge on any atom is -0.366 e. The smallest absolute Gasteiger partial charge is 0.246 e. The van der Waals surface area contributed by atoms with Crippen LogP contribution in [0.15, 0.2) is 18.5 Å². The van der Waals surface area contributed by atoms with Crippen LogP contribution in [0, 0.1) is 16.7 Å². The van der Waals surface area contributed by atoms with Crippen LogP contribution in [-0.2, 0) is 4.79 Å². The van der Waals surface area contributed by atoms with Crippen molar-refractivity contribution in [2.75, 3.05) is 11.9 Å². The van der Waals surface area contributed by atoms with Crippen LogP contribution in [-0.4, -0.2) is 17.9 Å². The van der Waals surface area contributed by atoms with Crippen molar-refractivity contribution in [2.45, 2.75) is 13.8 Å². The van der Waals surface area contributed by atoms with Crippen molar-refractivity contribution >= 4 is 11.6 Å². The van der Waals surface area contributed by atoms with E-state index in [4.69, 9.17) is 5.26 Å². The third kappa shape index (κ3) is 1.77. The van der Waals surface area contributed by atoms with E-state index in [1.807, 2.05) is 6.07 Å². The number of anilines is 1. The number of aromatic nitrogens is 1. The van der Waals surface area contributed by atoms with Gasteiger partial charge in [-0.1, -0.05) is 0 Å². The SMILES string of the molecule is CN(C(=O)C(C)(C)C#N)c1cc[nH]c1. The summed E-state index contributed by atoms with van der Waals surface area (Å²) in [5.41, 5.74) is -0.218. The predicted octanol–water partition coefficient (Wildman–Crippen LogP) is 1.53. The van der Waals surface area contributed by atoms with E-state index in [2.05, 4.69) is 4.98 Å². The van der Waals surface area contributed by atoms with Crippen molar-refractivity contribution in [3.05, 3.63) is 18.5 Å². The molecule has 1 aromatic rings. The fourth-order valence-corrected chi connectivity index (χ4v) is 1.11. The Labute approximate surface area is 83.1 Å². The summed E-state index contributed by atoms with van der Waals surface area (Å²) in [5, 5.41) is 8.81. The van der Waals surface area contributed by atoms with Gasteiger partial charge in [-0.2, -0.15) is 5.26 Å². The Morgan fingerprint density at radius 1 is 1.64 bits per heavy atom. The molecule has 14 heavy (non-hydrogen) atoms. The number of nitrogens with zero attached hydrogens (tertiary/aromatic N) is 2. The molecule has 1 N–H and O–H groups in total. The molecule has 0 aliphatic carbocycles. The van der Waals surface area contributed by atoms with E-state index >= 15 is 0 Å². The van der Waals surface area contributed by atoms with Crippen LogP contribution in [0.1, 0.15) is 13.8 Å². The number of H-pyrrole nitrogens is 1. The zero-order valence-corrected chi connectivity index (χ0v) is 8.53. The highest BCUT2D eigenvalue weighted by Crippen LogP contribution is 2.21. The maximum Gasteiger partial charge on any atom is 0.246 e. The number of carbonyl (C=O) groups is 1. The molecular formula is C10H13N3O. The van der Waals surface area contributed by atoms with Gasteiger partial charge in [-0.3, -0.25) is 4.79 Å². The number of hydrogen-bond donors (Lipinski definition) is 1. The van der Waals surface area contributed by atoms with Crippen LogP contribution in [0.25, 0.3) is 0 Å². The Morgan fingerprint density at radius 2 is 2.29 bits per heavy atom. The second kappa shape index (κ2) is 3.54. The maximum absolute atomic E-state index is 11.8. The van der Waals surface area contributed by atoms with Gasteiger partial charge in [0, 0.05) is 19.4 Å². The first-order valence-corrected chi connectivity index (χ1v) is 4.31. The van der Waals surface area contributed by atoms with Gasteiger partial charge >= 0.3 is 0 Å².